The Balaban J connectivity index is 1.94. The maximum Gasteiger partial charge on any atom is 0.326 e. The highest BCUT2D eigenvalue weighted by atomic mass is 16.5. The number of benzene rings is 1. The number of likely N-dealkylation sites (tertiary alicyclic amines) is 1. The second kappa shape index (κ2) is 8.69. The van der Waals surface area contributed by atoms with Crippen LogP contribution in [0.5, 0.6) is 5.75 Å². The predicted molar refractivity (Wildman–Crippen MR) is 95.5 cm³/mol. The number of hydrogen-bond acceptors (Lipinski definition) is 4. The summed E-state index contributed by atoms with van der Waals surface area (Å²) < 4.78 is 5.11. The second-order valence-electron chi connectivity index (χ2n) is 7.05. The van der Waals surface area contributed by atoms with Crippen molar-refractivity contribution in [2.24, 2.45) is 11.8 Å². The molecule has 0 saturated carbocycles. The molecule has 1 saturated heterocycles. The molecule has 2 rings (SSSR count). The minimum absolute atomic E-state index is 0.100. The van der Waals surface area contributed by atoms with E-state index in [-0.39, 0.29) is 24.2 Å². The lowest BCUT2D eigenvalue weighted by Crippen LogP contribution is -2.44. The minimum atomic E-state index is -1.05. The van der Waals surface area contributed by atoms with Gasteiger partial charge in [-0.2, -0.15) is 0 Å². The number of carbonyl (C=O) groups excluding carboxylic acids is 2. The highest BCUT2D eigenvalue weighted by Gasteiger charge is 2.35. The van der Waals surface area contributed by atoms with E-state index in [1.165, 1.54) is 0 Å². The first kappa shape index (κ1) is 19.8. The summed E-state index contributed by atoms with van der Waals surface area (Å²) in [5.74, 6) is -1.15. The molecule has 1 fully saturated rings. The standard InChI is InChI=1S/C19H26N2O5/c1-12(2)8-16(19(24)25)20-18(23)14-9-17(22)21(11-14)10-13-4-6-15(26-3)7-5-13/h4-7,12,14,16H,8-11H2,1-3H3,(H,20,23)(H,24,25)/t14?,16-/m0/s1. The molecule has 1 aromatic rings. The molecule has 2 amide bonds. The van der Waals surface area contributed by atoms with E-state index in [9.17, 15) is 19.5 Å². The van der Waals surface area contributed by atoms with E-state index in [2.05, 4.69) is 5.32 Å². The van der Waals surface area contributed by atoms with Gasteiger partial charge in [-0.25, -0.2) is 4.79 Å². The van der Waals surface area contributed by atoms with Crippen molar-refractivity contribution in [3.63, 3.8) is 0 Å². The fourth-order valence-electron chi connectivity index (χ4n) is 3.03. The maximum atomic E-state index is 12.4. The summed E-state index contributed by atoms with van der Waals surface area (Å²) in [6, 6.07) is 6.48. The van der Waals surface area contributed by atoms with Gasteiger partial charge >= 0.3 is 5.97 Å². The van der Waals surface area contributed by atoms with Crippen LogP contribution in [0.15, 0.2) is 24.3 Å². The Morgan fingerprint density at radius 1 is 1.31 bits per heavy atom. The van der Waals surface area contributed by atoms with Crippen molar-refractivity contribution < 1.29 is 24.2 Å². The topological polar surface area (TPSA) is 95.9 Å². The van der Waals surface area contributed by atoms with Crippen molar-refractivity contribution in [1.29, 1.82) is 0 Å². The number of amides is 2. The number of carboxylic acid groups (broad SMARTS) is 1. The van der Waals surface area contributed by atoms with Crippen molar-refractivity contribution >= 4 is 17.8 Å². The number of carboxylic acids is 1. The molecule has 0 radical (unpaired) electrons. The van der Waals surface area contributed by atoms with Crippen LogP contribution in [0.25, 0.3) is 0 Å². The molecule has 2 N–H and O–H groups in total. The first-order chi connectivity index (χ1) is 12.3. The molecule has 142 valence electrons. The Kier molecular flexibility index (Phi) is 6.60. The molecule has 7 nitrogen and oxygen atoms in total. The number of carbonyl (C=O) groups is 3. The first-order valence-electron chi connectivity index (χ1n) is 8.74. The molecule has 1 heterocycles. The summed E-state index contributed by atoms with van der Waals surface area (Å²) in [4.78, 5) is 37.6. The Bertz CT molecular complexity index is 656. The van der Waals surface area contributed by atoms with Gasteiger partial charge in [-0.15, -0.1) is 0 Å². The third-order valence-corrected chi connectivity index (χ3v) is 4.44. The maximum absolute atomic E-state index is 12.4. The Morgan fingerprint density at radius 3 is 2.50 bits per heavy atom. The molecule has 2 atom stereocenters. The summed E-state index contributed by atoms with van der Waals surface area (Å²) in [5, 5.41) is 11.8. The van der Waals surface area contributed by atoms with Gasteiger partial charge in [0.1, 0.15) is 11.8 Å². The summed E-state index contributed by atoms with van der Waals surface area (Å²) >= 11 is 0. The molecule has 0 aromatic heterocycles. The highest BCUT2D eigenvalue weighted by Crippen LogP contribution is 2.22. The van der Waals surface area contributed by atoms with Gasteiger partial charge in [0.2, 0.25) is 11.8 Å². The molecule has 0 bridgehead atoms. The third kappa shape index (κ3) is 5.21. The molecule has 26 heavy (non-hydrogen) atoms. The molecule has 7 heteroatoms. The molecule has 1 aromatic carbocycles. The largest absolute Gasteiger partial charge is 0.497 e. The van der Waals surface area contributed by atoms with Gasteiger partial charge in [-0.05, 0) is 30.0 Å². The number of nitrogens with zero attached hydrogens (tertiary/aromatic N) is 1. The van der Waals surface area contributed by atoms with Gasteiger partial charge < -0.3 is 20.1 Å². The summed E-state index contributed by atoms with van der Waals surface area (Å²) in [7, 11) is 1.59. The van der Waals surface area contributed by atoms with Crippen LogP contribution in [0, 0.1) is 11.8 Å². The Hall–Kier alpha value is -2.57. The number of rotatable bonds is 8. The molecular formula is C19H26N2O5. The zero-order valence-electron chi connectivity index (χ0n) is 15.4. The zero-order chi connectivity index (χ0) is 19.3. The molecule has 0 spiro atoms. The van der Waals surface area contributed by atoms with E-state index in [1.807, 2.05) is 38.1 Å². The molecule has 1 aliphatic heterocycles. The minimum Gasteiger partial charge on any atom is -0.497 e. The lowest BCUT2D eigenvalue weighted by atomic mass is 10.0. The predicted octanol–water partition coefficient (Wildman–Crippen LogP) is 1.66. The quantitative estimate of drug-likeness (QED) is 0.733. The lowest BCUT2D eigenvalue weighted by Gasteiger charge is -2.19. The van der Waals surface area contributed by atoms with Gasteiger partial charge in [0.25, 0.3) is 0 Å². The highest BCUT2D eigenvalue weighted by molar-refractivity contribution is 5.91. The molecule has 1 unspecified atom stereocenters. The first-order valence-corrected chi connectivity index (χ1v) is 8.74. The number of hydrogen-bond donors (Lipinski definition) is 2. The van der Waals surface area contributed by atoms with Gasteiger partial charge in [-0.1, -0.05) is 26.0 Å². The van der Waals surface area contributed by atoms with Crippen LogP contribution < -0.4 is 10.1 Å². The third-order valence-electron chi connectivity index (χ3n) is 4.44. The van der Waals surface area contributed by atoms with Gasteiger partial charge in [0.15, 0.2) is 0 Å². The summed E-state index contributed by atoms with van der Waals surface area (Å²) in [5.41, 5.74) is 0.948. The van der Waals surface area contributed by atoms with Gasteiger partial charge in [-0.3, -0.25) is 9.59 Å². The smallest absolute Gasteiger partial charge is 0.326 e. The van der Waals surface area contributed by atoms with E-state index in [0.29, 0.717) is 19.5 Å². The summed E-state index contributed by atoms with van der Waals surface area (Å²) in [6.07, 6.45) is 0.466. The van der Waals surface area contributed by atoms with Crippen molar-refractivity contribution in [3.8, 4) is 5.75 Å². The van der Waals surface area contributed by atoms with Crippen molar-refractivity contribution in [1.82, 2.24) is 10.2 Å². The Labute approximate surface area is 153 Å². The van der Waals surface area contributed by atoms with Gasteiger partial charge in [0.05, 0.1) is 13.0 Å². The molecule has 1 aliphatic rings. The zero-order valence-corrected chi connectivity index (χ0v) is 15.4. The fourth-order valence-corrected chi connectivity index (χ4v) is 3.03. The molecular weight excluding hydrogens is 336 g/mol. The van der Waals surface area contributed by atoms with E-state index < -0.39 is 17.9 Å². The molecule has 0 aliphatic carbocycles. The van der Waals surface area contributed by atoms with Crippen LogP contribution in [-0.2, 0) is 20.9 Å². The van der Waals surface area contributed by atoms with E-state index in [1.54, 1.807) is 12.0 Å². The van der Waals surface area contributed by atoms with Crippen LogP contribution in [0.3, 0.4) is 0 Å². The van der Waals surface area contributed by atoms with Crippen molar-refractivity contribution in [3.05, 3.63) is 29.8 Å². The number of aliphatic carboxylic acids is 1. The Morgan fingerprint density at radius 2 is 1.96 bits per heavy atom. The van der Waals surface area contributed by atoms with Crippen LogP contribution in [0.4, 0.5) is 0 Å². The second-order valence-corrected chi connectivity index (χ2v) is 7.05. The van der Waals surface area contributed by atoms with Crippen LogP contribution in [-0.4, -0.2) is 47.5 Å². The number of nitrogens with one attached hydrogen (secondary N) is 1. The average Bonchev–Trinajstić information content (AvgIpc) is 2.95. The van der Waals surface area contributed by atoms with Crippen LogP contribution in [0.1, 0.15) is 32.3 Å². The van der Waals surface area contributed by atoms with Crippen molar-refractivity contribution in [2.45, 2.75) is 39.3 Å². The summed E-state index contributed by atoms with van der Waals surface area (Å²) in [6.45, 7) is 4.52. The SMILES string of the molecule is COc1ccc(CN2CC(C(=O)N[C@@H](CC(C)C)C(=O)O)CC2=O)cc1. The van der Waals surface area contributed by atoms with Crippen LogP contribution in [0.2, 0.25) is 0 Å². The lowest BCUT2D eigenvalue weighted by molar-refractivity contribution is -0.142. The van der Waals surface area contributed by atoms with E-state index >= 15 is 0 Å². The number of methoxy groups -OCH3 is 1. The fraction of sp³-hybridized carbons (Fsp3) is 0.526. The normalized spacial score (nSPS) is 18.1. The van der Waals surface area contributed by atoms with Gasteiger partial charge in [0, 0.05) is 19.5 Å². The van der Waals surface area contributed by atoms with E-state index in [4.69, 9.17) is 4.74 Å². The average molecular weight is 362 g/mol. The van der Waals surface area contributed by atoms with Crippen molar-refractivity contribution in [2.75, 3.05) is 13.7 Å². The van der Waals surface area contributed by atoms with Crippen LogP contribution >= 0.6 is 0 Å². The number of ether oxygens (including phenoxy) is 1. The monoisotopic (exact) mass is 362 g/mol. The van der Waals surface area contributed by atoms with E-state index in [0.717, 1.165) is 11.3 Å².